The summed E-state index contributed by atoms with van der Waals surface area (Å²) in [6.45, 7) is 0.779. The Labute approximate surface area is 117 Å². The van der Waals surface area contributed by atoms with Crippen LogP contribution in [0.4, 0.5) is 5.82 Å². The van der Waals surface area contributed by atoms with Gasteiger partial charge in [-0.25, -0.2) is 9.97 Å². The maximum absolute atomic E-state index is 5.17. The van der Waals surface area contributed by atoms with Gasteiger partial charge < -0.3 is 14.6 Å². The van der Waals surface area contributed by atoms with Crippen LogP contribution in [-0.4, -0.2) is 29.1 Å². The minimum absolute atomic E-state index is 0.779. The number of aromatic amines is 1. The fourth-order valence-electron chi connectivity index (χ4n) is 2.24. The van der Waals surface area contributed by atoms with Crippen molar-refractivity contribution >= 4 is 16.9 Å². The van der Waals surface area contributed by atoms with E-state index in [-0.39, 0.29) is 0 Å². The average molecular weight is 268 g/mol. The quantitative estimate of drug-likeness (QED) is 0.790. The van der Waals surface area contributed by atoms with Gasteiger partial charge in [0.05, 0.1) is 12.5 Å². The van der Waals surface area contributed by atoms with Gasteiger partial charge in [-0.2, -0.15) is 0 Å². The van der Waals surface area contributed by atoms with Crippen molar-refractivity contribution in [3.63, 3.8) is 0 Å². The van der Waals surface area contributed by atoms with Gasteiger partial charge in [0.2, 0.25) is 0 Å². The van der Waals surface area contributed by atoms with Crippen LogP contribution < -0.4 is 9.64 Å². The van der Waals surface area contributed by atoms with Crippen LogP contribution in [0.1, 0.15) is 5.56 Å². The van der Waals surface area contributed by atoms with Gasteiger partial charge in [0.1, 0.15) is 23.5 Å². The molecule has 0 bridgehead atoms. The van der Waals surface area contributed by atoms with Gasteiger partial charge >= 0.3 is 0 Å². The Kier molecular flexibility index (Phi) is 3.25. The predicted octanol–water partition coefficient (Wildman–Crippen LogP) is 2.60. The zero-order chi connectivity index (χ0) is 13.9. The first-order valence-electron chi connectivity index (χ1n) is 6.40. The monoisotopic (exact) mass is 268 g/mol. The van der Waals surface area contributed by atoms with Crippen LogP contribution in [0.2, 0.25) is 0 Å². The molecule has 0 atom stereocenters. The summed E-state index contributed by atoms with van der Waals surface area (Å²) in [5.74, 6) is 1.79. The van der Waals surface area contributed by atoms with Crippen molar-refractivity contribution in [1.82, 2.24) is 15.0 Å². The van der Waals surface area contributed by atoms with E-state index >= 15 is 0 Å². The first-order chi connectivity index (χ1) is 9.78. The van der Waals surface area contributed by atoms with Gasteiger partial charge in [-0.15, -0.1) is 0 Å². The lowest BCUT2D eigenvalue weighted by atomic mass is 10.2. The van der Waals surface area contributed by atoms with E-state index in [1.165, 1.54) is 5.56 Å². The maximum atomic E-state index is 5.17. The molecular formula is C15H16N4O. The van der Waals surface area contributed by atoms with E-state index in [0.717, 1.165) is 29.1 Å². The summed E-state index contributed by atoms with van der Waals surface area (Å²) >= 11 is 0. The molecule has 20 heavy (non-hydrogen) atoms. The lowest BCUT2D eigenvalue weighted by Crippen LogP contribution is -2.18. The Hall–Kier alpha value is -2.56. The number of H-pyrrole nitrogens is 1. The number of hydrogen-bond donors (Lipinski definition) is 1. The van der Waals surface area contributed by atoms with E-state index in [9.17, 15) is 0 Å². The summed E-state index contributed by atoms with van der Waals surface area (Å²) in [7, 11) is 3.70. The van der Waals surface area contributed by atoms with E-state index in [1.54, 1.807) is 13.4 Å². The third-order valence-electron chi connectivity index (χ3n) is 3.27. The van der Waals surface area contributed by atoms with Gasteiger partial charge in [-0.1, -0.05) is 12.1 Å². The zero-order valence-electron chi connectivity index (χ0n) is 11.5. The van der Waals surface area contributed by atoms with E-state index < -0.39 is 0 Å². The molecule has 102 valence electrons. The molecule has 0 saturated carbocycles. The second-order valence-corrected chi connectivity index (χ2v) is 4.64. The lowest BCUT2D eigenvalue weighted by Gasteiger charge is -2.18. The van der Waals surface area contributed by atoms with Crippen LogP contribution in [0.3, 0.4) is 0 Å². The lowest BCUT2D eigenvalue weighted by molar-refractivity contribution is 0.414. The summed E-state index contributed by atoms with van der Waals surface area (Å²) in [4.78, 5) is 13.8. The molecule has 0 fully saturated rings. The number of aromatic nitrogens is 3. The van der Waals surface area contributed by atoms with Crippen molar-refractivity contribution < 1.29 is 4.74 Å². The van der Waals surface area contributed by atoms with Crippen LogP contribution in [0.15, 0.2) is 42.9 Å². The van der Waals surface area contributed by atoms with Gasteiger partial charge in [-0.05, 0) is 23.8 Å². The smallest absolute Gasteiger partial charge is 0.142 e. The number of benzene rings is 1. The molecule has 0 aliphatic heterocycles. The van der Waals surface area contributed by atoms with Crippen LogP contribution in [-0.2, 0) is 6.54 Å². The topological polar surface area (TPSA) is 54.0 Å². The standard InChI is InChI=1S/C15H16N4O/c1-19(9-11-3-5-12(20-2)6-4-11)15-13-7-8-16-14(13)17-10-18-15/h3-8,10H,9H2,1-2H3,(H,16,17,18). The average Bonchev–Trinajstić information content (AvgIpc) is 2.96. The third kappa shape index (κ3) is 2.30. The third-order valence-corrected chi connectivity index (χ3v) is 3.27. The summed E-state index contributed by atoms with van der Waals surface area (Å²) in [6, 6.07) is 10.1. The van der Waals surface area contributed by atoms with Gasteiger partial charge in [0.15, 0.2) is 0 Å². The van der Waals surface area contributed by atoms with Crippen molar-refractivity contribution in [3.8, 4) is 5.75 Å². The highest BCUT2D eigenvalue weighted by atomic mass is 16.5. The molecule has 0 radical (unpaired) electrons. The first-order valence-corrected chi connectivity index (χ1v) is 6.40. The molecule has 2 aromatic heterocycles. The number of nitrogens with zero attached hydrogens (tertiary/aromatic N) is 3. The summed E-state index contributed by atoms with van der Waals surface area (Å²) < 4.78 is 5.17. The van der Waals surface area contributed by atoms with E-state index in [4.69, 9.17) is 4.74 Å². The van der Waals surface area contributed by atoms with Crippen LogP contribution in [0.5, 0.6) is 5.75 Å². The molecule has 0 amide bonds. The Bertz CT molecular complexity index is 705. The van der Waals surface area contributed by atoms with Crippen molar-refractivity contribution in [2.45, 2.75) is 6.54 Å². The molecule has 0 unspecified atom stereocenters. The Morgan fingerprint density at radius 1 is 1.15 bits per heavy atom. The van der Waals surface area contributed by atoms with Gasteiger partial charge in [0.25, 0.3) is 0 Å². The molecule has 1 aromatic carbocycles. The van der Waals surface area contributed by atoms with Crippen molar-refractivity contribution in [2.75, 3.05) is 19.1 Å². The Morgan fingerprint density at radius 3 is 2.70 bits per heavy atom. The minimum Gasteiger partial charge on any atom is -0.497 e. The molecule has 0 saturated heterocycles. The summed E-state index contributed by atoms with van der Waals surface area (Å²) in [5, 5.41) is 1.03. The number of rotatable bonds is 4. The summed E-state index contributed by atoms with van der Waals surface area (Å²) in [6.07, 6.45) is 3.46. The number of anilines is 1. The van der Waals surface area contributed by atoms with Gasteiger partial charge in [0, 0.05) is 19.8 Å². The zero-order valence-corrected chi connectivity index (χ0v) is 11.5. The summed E-state index contributed by atoms with van der Waals surface area (Å²) in [5.41, 5.74) is 2.06. The number of fused-ring (bicyclic) bond motifs is 1. The SMILES string of the molecule is COc1ccc(CN(C)c2ncnc3[nH]ccc23)cc1. The van der Waals surface area contributed by atoms with Crippen LogP contribution in [0, 0.1) is 0 Å². The highest BCUT2D eigenvalue weighted by Crippen LogP contribution is 2.22. The van der Waals surface area contributed by atoms with Crippen molar-refractivity contribution in [3.05, 3.63) is 48.4 Å². The molecule has 0 aliphatic carbocycles. The fraction of sp³-hybridized carbons (Fsp3) is 0.200. The van der Waals surface area contributed by atoms with Crippen LogP contribution >= 0.6 is 0 Å². The highest BCUT2D eigenvalue weighted by Gasteiger charge is 2.09. The fourth-order valence-corrected chi connectivity index (χ4v) is 2.24. The van der Waals surface area contributed by atoms with Crippen LogP contribution in [0.25, 0.3) is 11.0 Å². The van der Waals surface area contributed by atoms with E-state index in [2.05, 4.69) is 32.0 Å². The van der Waals surface area contributed by atoms with E-state index in [1.807, 2.05) is 31.4 Å². The normalized spacial score (nSPS) is 10.7. The van der Waals surface area contributed by atoms with E-state index in [0.29, 0.717) is 0 Å². The Balaban J connectivity index is 1.84. The molecule has 0 spiro atoms. The molecule has 3 rings (SSSR count). The second kappa shape index (κ2) is 5.21. The number of hydrogen-bond acceptors (Lipinski definition) is 4. The molecule has 1 N–H and O–H groups in total. The largest absolute Gasteiger partial charge is 0.497 e. The highest BCUT2D eigenvalue weighted by molar-refractivity contribution is 5.87. The molecule has 3 aromatic rings. The van der Waals surface area contributed by atoms with Crippen molar-refractivity contribution in [1.29, 1.82) is 0 Å². The Morgan fingerprint density at radius 2 is 1.95 bits per heavy atom. The second-order valence-electron chi connectivity index (χ2n) is 4.64. The van der Waals surface area contributed by atoms with Crippen molar-refractivity contribution in [2.24, 2.45) is 0 Å². The minimum atomic E-state index is 0.779. The predicted molar refractivity (Wildman–Crippen MR) is 79.0 cm³/mol. The molecular weight excluding hydrogens is 252 g/mol. The number of nitrogens with one attached hydrogen (secondary N) is 1. The van der Waals surface area contributed by atoms with Gasteiger partial charge in [-0.3, -0.25) is 0 Å². The first kappa shape index (κ1) is 12.5. The molecule has 0 aliphatic rings. The number of methoxy groups -OCH3 is 1. The molecule has 5 nitrogen and oxygen atoms in total. The maximum Gasteiger partial charge on any atom is 0.142 e. The molecule has 5 heteroatoms. The number of ether oxygens (including phenoxy) is 1. The molecule has 2 heterocycles.